The number of methoxy groups -OCH3 is 2. The van der Waals surface area contributed by atoms with Crippen LogP contribution < -0.4 is 19.6 Å². The SMILES string of the molecule is COC(=O)C1=C(C)N=c2s/c(=C\c3ccc(OC)cc3)c(=O)n2[C@@H]1c1ccccc1. The van der Waals surface area contributed by atoms with E-state index in [1.54, 1.807) is 18.6 Å². The smallest absolute Gasteiger partial charge is 0.338 e. The van der Waals surface area contributed by atoms with Crippen LogP contribution in [-0.2, 0) is 9.53 Å². The molecule has 0 unspecified atom stereocenters. The predicted octanol–water partition coefficient (Wildman–Crippen LogP) is 2.42. The zero-order valence-corrected chi connectivity index (χ0v) is 17.6. The molecule has 6 nitrogen and oxygen atoms in total. The van der Waals surface area contributed by atoms with Gasteiger partial charge in [0.1, 0.15) is 5.75 Å². The number of rotatable bonds is 4. The highest BCUT2D eigenvalue weighted by molar-refractivity contribution is 7.07. The topological polar surface area (TPSA) is 69.9 Å². The number of hydrogen-bond donors (Lipinski definition) is 0. The van der Waals surface area contributed by atoms with E-state index < -0.39 is 12.0 Å². The maximum atomic E-state index is 13.4. The Bertz CT molecular complexity index is 1300. The van der Waals surface area contributed by atoms with Gasteiger partial charge in [0.2, 0.25) is 0 Å². The fourth-order valence-electron chi connectivity index (χ4n) is 3.49. The minimum atomic E-state index is -0.590. The number of aromatic nitrogens is 1. The van der Waals surface area contributed by atoms with Crippen molar-refractivity contribution in [3.05, 3.63) is 96.7 Å². The van der Waals surface area contributed by atoms with Gasteiger partial charge in [-0.15, -0.1) is 0 Å². The van der Waals surface area contributed by atoms with Crippen LogP contribution in [-0.4, -0.2) is 24.8 Å². The molecule has 7 heteroatoms. The zero-order chi connectivity index (χ0) is 21.3. The molecule has 1 atom stereocenters. The normalized spacial score (nSPS) is 16.1. The van der Waals surface area contributed by atoms with Crippen molar-refractivity contribution in [2.24, 2.45) is 4.99 Å². The monoisotopic (exact) mass is 420 g/mol. The number of hydrogen-bond acceptors (Lipinski definition) is 6. The average Bonchev–Trinajstić information content (AvgIpc) is 3.08. The summed E-state index contributed by atoms with van der Waals surface area (Å²) >= 11 is 1.30. The van der Waals surface area contributed by atoms with Gasteiger partial charge in [-0.2, -0.15) is 0 Å². The molecule has 2 aromatic carbocycles. The fraction of sp³-hybridized carbons (Fsp3) is 0.174. The third kappa shape index (κ3) is 3.48. The van der Waals surface area contributed by atoms with Crippen LogP contribution in [0.2, 0.25) is 0 Å². The summed E-state index contributed by atoms with van der Waals surface area (Å²) in [6.45, 7) is 1.77. The van der Waals surface area contributed by atoms with Crippen molar-refractivity contribution in [2.75, 3.05) is 14.2 Å². The summed E-state index contributed by atoms with van der Waals surface area (Å²) in [6, 6.07) is 16.3. The molecular weight excluding hydrogens is 400 g/mol. The molecule has 30 heavy (non-hydrogen) atoms. The van der Waals surface area contributed by atoms with Gasteiger partial charge in [-0.1, -0.05) is 53.8 Å². The van der Waals surface area contributed by atoms with Gasteiger partial charge in [0.25, 0.3) is 5.56 Å². The second-order valence-corrected chi connectivity index (χ2v) is 7.77. The molecule has 152 valence electrons. The van der Waals surface area contributed by atoms with Gasteiger partial charge in [0, 0.05) is 0 Å². The van der Waals surface area contributed by atoms with Crippen LogP contribution >= 0.6 is 11.3 Å². The zero-order valence-electron chi connectivity index (χ0n) is 16.8. The Morgan fingerprint density at radius 2 is 1.80 bits per heavy atom. The van der Waals surface area contributed by atoms with E-state index in [1.807, 2.05) is 60.7 Å². The van der Waals surface area contributed by atoms with Crippen LogP contribution in [0.15, 0.2) is 75.7 Å². The number of carbonyl (C=O) groups excluding carboxylic acids is 1. The molecule has 0 fully saturated rings. The summed E-state index contributed by atoms with van der Waals surface area (Å²) in [5.41, 5.74) is 2.42. The van der Waals surface area contributed by atoms with Crippen LogP contribution in [0.1, 0.15) is 24.1 Å². The molecule has 1 aliphatic rings. The molecule has 0 saturated heterocycles. The van der Waals surface area contributed by atoms with E-state index in [0.717, 1.165) is 16.9 Å². The van der Waals surface area contributed by atoms with Gasteiger partial charge in [0.15, 0.2) is 4.80 Å². The molecular formula is C23H20N2O4S. The molecule has 0 spiro atoms. The first-order valence-corrected chi connectivity index (χ1v) is 10.1. The standard InChI is InChI=1S/C23H20N2O4S/c1-14-19(22(27)29-3)20(16-7-5-4-6-8-16)25-21(26)18(30-23(25)24-14)13-15-9-11-17(28-2)12-10-15/h4-13,20H,1-3H3/b18-13-/t20-/m1/s1. The minimum absolute atomic E-state index is 0.197. The lowest BCUT2D eigenvalue weighted by Crippen LogP contribution is -2.39. The number of nitrogens with zero attached hydrogens (tertiary/aromatic N) is 2. The van der Waals surface area contributed by atoms with Crippen molar-refractivity contribution in [3.8, 4) is 5.75 Å². The molecule has 3 aromatic rings. The summed E-state index contributed by atoms with van der Waals surface area (Å²) in [5.74, 6) is 0.255. The fourth-order valence-corrected chi connectivity index (χ4v) is 4.54. The van der Waals surface area contributed by atoms with E-state index in [4.69, 9.17) is 9.47 Å². The lowest BCUT2D eigenvalue weighted by atomic mass is 9.96. The number of benzene rings is 2. The van der Waals surface area contributed by atoms with Crippen LogP contribution in [0, 0.1) is 0 Å². The number of fused-ring (bicyclic) bond motifs is 1. The van der Waals surface area contributed by atoms with Gasteiger partial charge in [0.05, 0.1) is 36.1 Å². The van der Waals surface area contributed by atoms with Crippen LogP contribution in [0.4, 0.5) is 0 Å². The molecule has 1 aliphatic heterocycles. The Hall–Kier alpha value is -3.45. The summed E-state index contributed by atoms with van der Waals surface area (Å²) in [7, 11) is 2.94. The first-order valence-electron chi connectivity index (χ1n) is 9.33. The van der Waals surface area contributed by atoms with Crippen LogP contribution in [0.5, 0.6) is 5.75 Å². The third-order valence-electron chi connectivity index (χ3n) is 4.96. The first-order chi connectivity index (χ1) is 14.5. The van der Waals surface area contributed by atoms with E-state index >= 15 is 0 Å². The highest BCUT2D eigenvalue weighted by Gasteiger charge is 2.32. The third-order valence-corrected chi connectivity index (χ3v) is 5.94. The highest BCUT2D eigenvalue weighted by Crippen LogP contribution is 2.30. The average molecular weight is 420 g/mol. The predicted molar refractivity (Wildman–Crippen MR) is 115 cm³/mol. The Morgan fingerprint density at radius 1 is 1.10 bits per heavy atom. The lowest BCUT2D eigenvalue weighted by molar-refractivity contribution is -0.136. The lowest BCUT2D eigenvalue weighted by Gasteiger charge is -2.24. The van der Waals surface area contributed by atoms with E-state index in [-0.39, 0.29) is 5.56 Å². The summed E-state index contributed by atoms with van der Waals surface area (Å²) in [6.07, 6.45) is 1.82. The van der Waals surface area contributed by atoms with Crippen molar-refractivity contribution in [1.82, 2.24) is 4.57 Å². The second kappa shape index (κ2) is 8.12. The molecule has 0 radical (unpaired) electrons. The highest BCUT2D eigenvalue weighted by atomic mass is 32.1. The van der Waals surface area contributed by atoms with Crippen molar-refractivity contribution < 1.29 is 14.3 Å². The van der Waals surface area contributed by atoms with Gasteiger partial charge in [-0.05, 0) is 36.3 Å². The number of thiazole rings is 1. The molecule has 0 saturated carbocycles. The molecule has 2 heterocycles. The Morgan fingerprint density at radius 3 is 2.43 bits per heavy atom. The quantitative estimate of drug-likeness (QED) is 0.608. The summed E-state index contributed by atoms with van der Waals surface area (Å²) in [4.78, 5) is 31.0. The van der Waals surface area contributed by atoms with Crippen molar-refractivity contribution in [2.45, 2.75) is 13.0 Å². The Kier molecular flexibility index (Phi) is 5.37. The number of allylic oxidation sites excluding steroid dienone is 1. The van der Waals surface area contributed by atoms with Gasteiger partial charge < -0.3 is 9.47 Å². The summed E-state index contributed by atoms with van der Waals surface area (Å²) < 4.78 is 12.3. The van der Waals surface area contributed by atoms with Crippen molar-refractivity contribution in [3.63, 3.8) is 0 Å². The Labute approximate surface area is 177 Å². The number of esters is 1. The molecule has 0 bridgehead atoms. The first kappa shape index (κ1) is 19.8. The van der Waals surface area contributed by atoms with Crippen LogP contribution in [0.25, 0.3) is 6.08 Å². The van der Waals surface area contributed by atoms with Crippen molar-refractivity contribution >= 4 is 23.4 Å². The maximum absolute atomic E-state index is 13.4. The Balaban J connectivity index is 1.93. The summed E-state index contributed by atoms with van der Waals surface area (Å²) in [5, 5.41) is 0. The van der Waals surface area contributed by atoms with Gasteiger partial charge in [-0.3, -0.25) is 9.36 Å². The molecule has 0 amide bonds. The minimum Gasteiger partial charge on any atom is -0.497 e. The van der Waals surface area contributed by atoms with Crippen LogP contribution in [0.3, 0.4) is 0 Å². The largest absolute Gasteiger partial charge is 0.497 e. The van der Waals surface area contributed by atoms with E-state index in [2.05, 4.69) is 4.99 Å². The van der Waals surface area contributed by atoms with Crippen molar-refractivity contribution in [1.29, 1.82) is 0 Å². The number of carbonyl (C=O) groups is 1. The van der Waals surface area contributed by atoms with Gasteiger partial charge in [-0.25, -0.2) is 9.79 Å². The number of ether oxygens (including phenoxy) is 2. The molecule has 0 aliphatic carbocycles. The molecule has 1 aromatic heterocycles. The second-order valence-electron chi connectivity index (χ2n) is 6.76. The van der Waals surface area contributed by atoms with E-state index in [9.17, 15) is 9.59 Å². The molecule has 4 rings (SSSR count). The van der Waals surface area contributed by atoms with Gasteiger partial charge >= 0.3 is 5.97 Å². The van der Waals surface area contributed by atoms with E-state index in [0.29, 0.717) is 20.6 Å². The molecule has 0 N–H and O–H groups in total. The van der Waals surface area contributed by atoms with E-state index in [1.165, 1.54) is 18.4 Å². The maximum Gasteiger partial charge on any atom is 0.338 e.